The van der Waals surface area contributed by atoms with Gasteiger partial charge in [-0.3, -0.25) is 4.90 Å². The van der Waals surface area contributed by atoms with Crippen LogP contribution in [0.25, 0.3) is 0 Å². The molecule has 1 saturated heterocycles. The second kappa shape index (κ2) is 5.16. The predicted octanol–water partition coefficient (Wildman–Crippen LogP) is 2.01. The van der Waals surface area contributed by atoms with E-state index in [0.717, 1.165) is 19.4 Å². The fraction of sp³-hybridized carbons (Fsp3) is 1.00. The summed E-state index contributed by atoms with van der Waals surface area (Å²) in [6.07, 6.45) is -1.79. The number of alkyl halides is 3. The number of nitrogens with one attached hydrogen (secondary N) is 1. The molecule has 2 nitrogen and oxygen atoms in total. The van der Waals surface area contributed by atoms with Crippen molar-refractivity contribution in [2.45, 2.75) is 44.9 Å². The van der Waals surface area contributed by atoms with Gasteiger partial charge in [-0.2, -0.15) is 13.2 Å². The van der Waals surface area contributed by atoms with Gasteiger partial charge >= 0.3 is 6.18 Å². The van der Waals surface area contributed by atoms with Crippen LogP contribution >= 0.6 is 0 Å². The smallest absolute Gasteiger partial charge is 0.307 e. The lowest BCUT2D eigenvalue weighted by Gasteiger charge is -2.28. The van der Waals surface area contributed by atoms with Crippen LogP contribution in [0, 0.1) is 0 Å². The first-order valence-electron chi connectivity index (χ1n) is 5.43. The van der Waals surface area contributed by atoms with E-state index in [9.17, 15) is 13.2 Å². The molecule has 90 valence electrons. The molecule has 1 rings (SSSR count). The summed E-state index contributed by atoms with van der Waals surface area (Å²) in [7, 11) is 0. The molecule has 0 aromatic rings. The van der Waals surface area contributed by atoms with Crippen LogP contribution in [0.1, 0.15) is 26.7 Å². The Labute approximate surface area is 88.8 Å². The van der Waals surface area contributed by atoms with Gasteiger partial charge in [0.25, 0.3) is 0 Å². The monoisotopic (exact) mass is 224 g/mol. The van der Waals surface area contributed by atoms with Gasteiger partial charge in [-0.25, -0.2) is 0 Å². The molecule has 0 aromatic heterocycles. The van der Waals surface area contributed by atoms with E-state index in [-0.39, 0.29) is 6.04 Å². The summed E-state index contributed by atoms with van der Waals surface area (Å²) in [6, 6.07) is 0.692. The lowest BCUT2D eigenvalue weighted by molar-refractivity contribution is -0.125. The highest BCUT2D eigenvalue weighted by atomic mass is 19.4. The molecule has 1 N–H and O–H groups in total. The van der Waals surface area contributed by atoms with E-state index < -0.39 is 12.7 Å². The molecule has 5 heteroatoms. The van der Waals surface area contributed by atoms with Crippen molar-refractivity contribution in [1.82, 2.24) is 10.2 Å². The third kappa shape index (κ3) is 4.38. The van der Waals surface area contributed by atoms with E-state index in [2.05, 4.69) is 17.1 Å². The Morgan fingerprint density at radius 2 is 2.13 bits per heavy atom. The van der Waals surface area contributed by atoms with Crippen molar-refractivity contribution in [2.75, 3.05) is 19.6 Å². The first kappa shape index (κ1) is 12.8. The van der Waals surface area contributed by atoms with Crippen LogP contribution in [0.2, 0.25) is 0 Å². The molecule has 0 aromatic carbocycles. The molecule has 0 aliphatic carbocycles. The Balaban J connectivity index is 2.21. The van der Waals surface area contributed by atoms with Crippen LogP contribution in [0.4, 0.5) is 13.2 Å². The molecule has 1 aliphatic rings. The number of hydrogen-bond acceptors (Lipinski definition) is 2. The van der Waals surface area contributed by atoms with Gasteiger partial charge < -0.3 is 5.32 Å². The number of likely N-dealkylation sites (tertiary alicyclic amines) is 1. The van der Waals surface area contributed by atoms with Gasteiger partial charge in [0.1, 0.15) is 0 Å². The van der Waals surface area contributed by atoms with Gasteiger partial charge in [0.05, 0.1) is 6.54 Å². The lowest BCUT2D eigenvalue weighted by atomic mass is 10.2. The normalized spacial score (nSPS) is 25.8. The van der Waals surface area contributed by atoms with Crippen molar-refractivity contribution in [3.05, 3.63) is 0 Å². The summed E-state index contributed by atoms with van der Waals surface area (Å²) < 4.78 is 35.7. The van der Waals surface area contributed by atoms with Gasteiger partial charge in [-0.05, 0) is 33.2 Å². The molecule has 0 radical (unpaired) electrons. The zero-order chi connectivity index (χ0) is 11.5. The fourth-order valence-electron chi connectivity index (χ4n) is 2.15. The average Bonchev–Trinajstić information content (AvgIpc) is 2.48. The quantitative estimate of drug-likeness (QED) is 0.786. The van der Waals surface area contributed by atoms with Crippen molar-refractivity contribution in [2.24, 2.45) is 0 Å². The van der Waals surface area contributed by atoms with Gasteiger partial charge in [0.2, 0.25) is 0 Å². The molecule has 1 fully saturated rings. The van der Waals surface area contributed by atoms with Crippen molar-refractivity contribution in [3.63, 3.8) is 0 Å². The molecule has 15 heavy (non-hydrogen) atoms. The van der Waals surface area contributed by atoms with Crippen LogP contribution in [0.15, 0.2) is 0 Å². The highest BCUT2D eigenvalue weighted by molar-refractivity contribution is 4.81. The molecule has 0 spiro atoms. The Morgan fingerprint density at radius 1 is 1.47 bits per heavy atom. The maximum absolute atomic E-state index is 11.9. The van der Waals surface area contributed by atoms with E-state index >= 15 is 0 Å². The molecular weight excluding hydrogens is 205 g/mol. The van der Waals surface area contributed by atoms with Gasteiger partial charge in [-0.15, -0.1) is 0 Å². The minimum atomic E-state index is -4.10. The highest BCUT2D eigenvalue weighted by Gasteiger charge is 2.28. The highest BCUT2D eigenvalue weighted by Crippen LogP contribution is 2.19. The first-order valence-corrected chi connectivity index (χ1v) is 5.43. The number of nitrogens with zero attached hydrogens (tertiary/aromatic N) is 1. The zero-order valence-corrected chi connectivity index (χ0v) is 9.27. The first-order chi connectivity index (χ1) is 6.90. The second-order valence-corrected chi connectivity index (χ2v) is 4.32. The second-order valence-electron chi connectivity index (χ2n) is 4.32. The van der Waals surface area contributed by atoms with Crippen LogP contribution in [0.3, 0.4) is 0 Å². The Morgan fingerprint density at radius 3 is 2.60 bits per heavy atom. The largest absolute Gasteiger partial charge is 0.401 e. The molecular formula is C10H19F3N2. The van der Waals surface area contributed by atoms with E-state index in [1.807, 2.05) is 6.92 Å². The summed E-state index contributed by atoms with van der Waals surface area (Å²) in [5.74, 6) is 0. The van der Waals surface area contributed by atoms with Crippen LogP contribution in [0.5, 0.6) is 0 Å². The van der Waals surface area contributed by atoms with Crippen molar-refractivity contribution in [1.29, 1.82) is 0 Å². The van der Waals surface area contributed by atoms with Crippen molar-refractivity contribution < 1.29 is 13.2 Å². The minimum Gasteiger partial charge on any atom is -0.307 e. The molecule has 2 unspecified atom stereocenters. The van der Waals surface area contributed by atoms with E-state index in [1.165, 1.54) is 0 Å². The predicted molar refractivity (Wildman–Crippen MR) is 53.8 cm³/mol. The number of halogens is 3. The summed E-state index contributed by atoms with van der Waals surface area (Å²) in [4.78, 5) is 2.27. The third-order valence-corrected chi connectivity index (χ3v) is 2.94. The van der Waals surface area contributed by atoms with E-state index in [1.54, 1.807) is 0 Å². The minimum absolute atomic E-state index is 0.185. The Bertz CT molecular complexity index is 194. The molecule has 1 aliphatic heterocycles. The summed E-state index contributed by atoms with van der Waals surface area (Å²) in [5, 5.41) is 2.46. The number of rotatable bonds is 4. The van der Waals surface area contributed by atoms with Crippen LogP contribution < -0.4 is 5.32 Å². The summed E-state index contributed by atoms with van der Waals surface area (Å²) in [6.45, 7) is 4.64. The van der Waals surface area contributed by atoms with Crippen molar-refractivity contribution >= 4 is 0 Å². The number of hydrogen-bond donors (Lipinski definition) is 1. The molecule has 2 atom stereocenters. The van der Waals surface area contributed by atoms with E-state index in [0.29, 0.717) is 12.6 Å². The molecule has 1 heterocycles. The fourth-order valence-corrected chi connectivity index (χ4v) is 2.15. The Kier molecular flexibility index (Phi) is 4.40. The van der Waals surface area contributed by atoms with Gasteiger partial charge in [-0.1, -0.05) is 0 Å². The lowest BCUT2D eigenvalue weighted by Crippen LogP contribution is -2.44. The molecule has 0 bridgehead atoms. The van der Waals surface area contributed by atoms with Crippen LogP contribution in [-0.4, -0.2) is 42.8 Å². The SMILES string of the molecule is CC1CCCN1C(C)CNCC(F)(F)F. The third-order valence-electron chi connectivity index (χ3n) is 2.94. The zero-order valence-electron chi connectivity index (χ0n) is 9.27. The standard InChI is InChI=1S/C10H19F3N2/c1-8-4-3-5-15(8)9(2)6-14-7-10(11,12)13/h8-9,14H,3-7H2,1-2H3. The van der Waals surface area contributed by atoms with Crippen molar-refractivity contribution in [3.8, 4) is 0 Å². The van der Waals surface area contributed by atoms with E-state index in [4.69, 9.17) is 0 Å². The Hall–Kier alpha value is -0.290. The van der Waals surface area contributed by atoms with Gasteiger partial charge in [0.15, 0.2) is 0 Å². The maximum Gasteiger partial charge on any atom is 0.401 e. The average molecular weight is 224 g/mol. The molecule has 0 amide bonds. The maximum atomic E-state index is 11.9. The van der Waals surface area contributed by atoms with Gasteiger partial charge in [0, 0.05) is 18.6 Å². The van der Waals surface area contributed by atoms with Crippen LogP contribution in [-0.2, 0) is 0 Å². The topological polar surface area (TPSA) is 15.3 Å². The molecule has 0 saturated carbocycles. The summed E-state index contributed by atoms with van der Waals surface area (Å²) >= 11 is 0. The summed E-state index contributed by atoms with van der Waals surface area (Å²) in [5.41, 5.74) is 0.